The molecular formula is C23H21ClO2. The highest BCUT2D eigenvalue weighted by Gasteiger charge is 2.43. The maximum Gasteiger partial charge on any atom is 0.405 e. The molecule has 0 spiro atoms. The van der Waals surface area contributed by atoms with Crippen LogP contribution in [0.1, 0.15) is 25.0 Å². The average Bonchev–Trinajstić information content (AvgIpc) is 2.67. The van der Waals surface area contributed by atoms with Gasteiger partial charge in [-0.3, -0.25) is 0 Å². The molecule has 132 valence electrons. The second-order valence-electron chi connectivity index (χ2n) is 6.51. The first kappa shape index (κ1) is 18.2. The number of carbonyl (C=O) groups excluding carboxylic acids is 1. The molecule has 3 aromatic rings. The van der Waals surface area contributed by atoms with Crippen molar-refractivity contribution in [1.82, 2.24) is 0 Å². The summed E-state index contributed by atoms with van der Waals surface area (Å²) < 4.78 is 5.86. The summed E-state index contributed by atoms with van der Waals surface area (Å²) in [4.78, 5) is 11.9. The third-order valence-electron chi connectivity index (χ3n) is 4.67. The number of benzene rings is 3. The Bertz CT molecular complexity index is 875. The number of ether oxygens (including phenoxy) is 1. The van der Waals surface area contributed by atoms with Gasteiger partial charge in [0.15, 0.2) is 5.60 Å². The Morgan fingerprint density at radius 2 is 1.38 bits per heavy atom. The minimum absolute atomic E-state index is 0.0301. The standard InChI is InChI=1S/C23H21ClO2/c1-17(2)23(26-22(24)25,19-13-7-4-8-14-19)21-16-10-9-15-20(21)18-11-5-3-6-12-18/h3-17H,1-2H3. The van der Waals surface area contributed by atoms with Gasteiger partial charge in [-0.1, -0.05) is 98.8 Å². The zero-order chi connectivity index (χ0) is 18.6. The molecule has 0 aliphatic carbocycles. The first-order valence-corrected chi connectivity index (χ1v) is 9.02. The molecule has 0 bridgehead atoms. The van der Waals surface area contributed by atoms with E-state index in [1.807, 2.05) is 86.6 Å². The van der Waals surface area contributed by atoms with Crippen LogP contribution in [-0.2, 0) is 10.3 Å². The molecule has 3 heteroatoms. The molecule has 3 aromatic carbocycles. The van der Waals surface area contributed by atoms with Crippen molar-refractivity contribution in [2.75, 3.05) is 0 Å². The summed E-state index contributed by atoms with van der Waals surface area (Å²) in [6.07, 6.45) is 0. The molecule has 0 fully saturated rings. The van der Waals surface area contributed by atoms with E-state index in [-0.39, 0.29) is 5.92 Å². The number of hydrogen-bond acceptors (Lipinski definition) is 2. The quantitative estimate of drug-likeness (QED) is 0.475. The Morgan fingerprint density at radius 1 is 0.846 bits per heavy atom. The number of carbonyl (C=O) groups is 1. The summed E-state index contributed by atoms with van der Waals surface area (Å²) in [5.41, 5.74) is 2.10. The van der Waals surface area contributed by atoms with Crippen LogP contribution < -0.4 is 0 Å². The van der Waals surface area contributed by atoms with Crippen molar-refractivity contribution in [2.24, 2.45) is 5.92 Å². The van der Waals surface area contributed by atoms with E-state index in [0.717, 1.165) is 22.3 Å². The lowest BCUT2D eigenvalue weighted by Crippen LogP contribution is -2.38. The normalized spacial score (nSPS) is 13.2. The van der Waals surface area contributed by atoms with Gasteiger partial charge in [0.25, 0.3) is 0 Å². The SMILES string of the molecule is CC(C)C(OC(=O)Cl)(c1ccccc1)c1ccccc1-c1ccccc1. The second-order valence-corrected chi connectivity index (χ2v) is 6.82. The third kappa shape index (κ3) is 3.38. The maximum absolute atomic E-state index is 11.9. The average molecular weight is 365 g/mol. The van der Waals surface area contributed by atoms with E-state index in [9.17, 15) is 4.79 Å². The Morgan fingerprint density at radius 3 is 1.96 bits per heavy atom. The Labute approximate surface area is 159 Å². The first-order valence-electron chi connectivity index (χ1n) is 8.64. The van der Waals surface area contributed by atoms with Gasteiger partial charge >= 0.3 is 5.43 Å². The molecule has 0 aliphatic rings. The van der Waals surface area contributed by atoms with Crippen molar-refractivity contribution in [1.29, 1.82) is 0 Å². The van der Waals surface area contributed by atoms with Crippen molar-refractivity contribution in [3.63, 3.8) is 0 Å². The minimum atomic E-state index is -0.980. The lowest BCUT2D eigenvalue weighted by Gasteiger charge is -2.38. The summed E-state index contributed by atoms with van der Waals surface area (Å²) >= 11 is 5.74. The van der Waals surface area contributed by atoms with E-state index in [1.54, 1.807) is 0 Å². The molecule has 2 nitrogen and oxygen atoms in total. The van der Waals surface area contributed by atoms with Crippen LogP contribution in [0.5, 0.6) is 0 Å². The van der Waals surface area contributed by atoms with Crippen LogP contribution in [0.3, 0.4) is 0 Å². The molecule has 0 heterocycles. The highest BCUT2D eigenvalue weighted by Crippen LogP contribution is 2.45. The van der Waals surface area contributed by atoms with Crippen LogP contribution in [0.15, 0.2) is 84.9 Å². The van der Waals surface area contributed by atoms with Gasteiger partial charge in [-0.05, 0) is 11.1 Å². The zero-order valence-electron chi connectivity index (χ0n) is 14.9. The molecule has 0 saturated carbocycles. The minimum Gasteiger partial charge on any atom is -0.437 e. The number of rotatable bonds is 5. The lowest BCUT2D eigenvalue weighted by atomic mass is 9.74. The zero-order valence-corrected chi connectivity index (χ0v) is 15.6. The van der Waals surface area contributed by atoms with E-state index in [4.69, 9.17) is 16.3 Å². The predicted molar refractivity (Wildman–Crippen MR) is 106 cm³/mol. The molecule has 0 amide bonds. The Hall–Kier alpha value is -2.58. The molecule has 1 unspecified atom stereocenters. The smallest absolute Gasteiger partial charge is 0.405 e. The predicted octanol–water partition coefficient (Wildman–Crippen LogP) is 6.63. The van der Waals surface area contributed by atoms with Crippen LogP contribution in [0.2, 0.25) is 0 Å². The van der Waals surface area contributed by atoms with Crippen molar-refractivity contribution in [3.05, 3.63) is 96.1 Å². The molecule has 0 aromatic heterocycles. The summed E-state index contributed by atoms with van der Waals surface area (Å²) in [5.74, 6) is -0.0301. The summed E-state index contributed by atoms with van der Waals surface area (Å²) in [5, 5.41) is 0. The molecule has 3 rings (SSSR count). The van der Waals surface area contributed by atoms with Gasteiger partial charge in [0, 0.05) is 28.6 Å². The van der Waals surface area contributed by atoms with Crippen LogP contribution in [0, 0.1) is 5.92 Å². The number of hydrogen-bond donors (Lipinski definition) is 0. The lowest BCUT2D eigenvalue weighted by molar-refractivity contribution is 0.0196. The van der Waals surface area contributed by atoms with Gasteiger partial charge in [-0.15, -0.1) is 0 Å². The van der Waals surface area contributed by atoms with Crippen LogP contribution >= 0.6 is 11.6 Å². The van der Waals surface area contributed by atoms with Crippen LogP contribution in [0.25, 0.3) is 11.1 Å². The van der Waals surface area contributed by atoms with Gasteiger partial charge < -0.3 is 4.74 Å². The van der Waals surface area contributed by atoms with Gasteiger partial charge in [0.1, 0.15) is 0 Å². The fourth-order valence-electron chi connectivity index (χ4n) is 3.52. The summed E-state index contributed by atoms with van der Waals surface area (Å²) in [6.45, 7) is 4.07. The van der Waals surface area contributed by atoms with Gasteiger partial charge in [0.2, 0.25) is 0 Å². The largest absolute Gasteiger partial charge is 0.437 e. The van der Waals surface area contributed by atoms with Crippen molar-refractivity contribution in [2.45, 2.75) is 19.4 Å². The van der Waals surface area contributed by atoms with Crippen molar-refractivity contribution < 1.29 is 9.53 Å². The molecule has 26 heavy (non-hydrogen) atoms. The topological polar surface area (TPSA) is 26.3 Å². The summed E-state index contributed by atoms with van der Waals surface area (Å²) in [6, 6.07) is 27.9. The molecular weight excluding hydrogens is 344 g/mol. The van der Waals surface area contributed by atoms with E-state index >= 15 is 0 Å². The van der Waals surface area contributed by atoms with Gasteiger partial charge in [0.05, 0.1) is 0 Å². The van der Waals surface area contributed by atoms with E-state index < -0.39 is 11.0 Å². The second kappa shape index (κ2) is 7.76. The van der Waals surface area contributed by atoms with Gasteiger partial charge in [-0.25, -0.2) is 4.79 Å². The van der Waals surface area contributed by atoms with E-state index in [2.05, 4.69) is 12.1 Å². The third-order valence-corrected chi connectivity index (χ3v) is 4.75. The summed E-state index contributed by atoms with van der Waals surface area (Å²) in [7, 11) is 0. The maximum atomic E-state index is 11.9. The number of halogens is 1. The molecule has 0 radical (unpaired) electrons. The van der Waals surface area contributed by atoms with Crippen molar-refractivity contribution >= 4 is 17.0 Å². The van der Waals surface area contributed by atoms with Crippen LogP contribution in [-0.4, -0.2) is 5.43 Å². The highest BCUT2D eigenvalue weighted by molar-refractivity contribution is 6.61. The van der Waals surface area contributed by atoms with E-state index in [0.29, 0.717) is 0 Å². The van der Waals surface area contributed by atoms with Crippen molar-refractivity contribution in [3.8, 4) is 11.1 Å². The monoisotopic (exact) mass is 364 g/mol. The Kier molecular flexibility index (Phi) is 5.43. The van der Waals surface area contributed by atoms with E-state index in [1.165, 1.54) is 0 Å². The molecule has 0 saturated heterocycles. The first-order chi connectivity index (χ1) is 12.6. The molecule has 1 atom stereocenters. The van der Waals surface area contributed by atoms with Gasteiger partial charge in [-0.2, -0.15) is 0 Å². The fourth-order valence-corrected chi connectivity index (χ4v) is 3.64. The Balaban J connectivity index is 2.32. The molecule has 0 N–H and O–H groups in total. The van der Waals surface area contributed by atoms with Crippen LogP contribution in [0.4, 0.5) is 4.79 Å². The highest BCUT2D eigenvalue weighted by atomic mass is 35.5. The molecule has 0 aliphatic heterocycles. The fraction of sp³-hybridized carbons (Fsp3) is 0.174.